The second-order valence-electron chi connectivity index (χ2n) is 7.19. The SMILES string of the molecule is CS(=O)(=O)N(CC(=O)Nc1ccccc1C(=O)N1CCCCC1)c1ccc(Cl)cc1. The molecule has 1 fully saturated rings. The third-order valence-corrected chi connectivity index (χ3v) is 6.27. The number of benzene rings is 2. The summed E-state index contributed by atoms with van der Waals surface area (Å²) in [4.78, 5) is 27.4. The van der Waals surface area contributed by atoms with Gasteiger partial charge < -0.3 is 10.2 Å². The molecule has 0 aromatic heterocycles. The molecule has 30 heavy (non-hydrogen) atoms. The van der Waals surface area contributed by atoms with Crippen molar-refractivity contribution in [2.45, 2.75) is 19.3 Å². The van der Waals surface area contributed by atoms with Gasteiger partial charge >= 0.3 is 0 Å². The third-order valence-electron chi connectivity index (χ3n) is 4.88. The Bertz CT molecular complexity index is 1020. The van der Waals surface area contributed by atoms with Gasteiger partial charge in [-0.2, -0.15) is 0 Å². The van der Waals surface area contributed by atoms with Gasteiger partial charge in [-0.05, 0) is 55.7 Å². The van der Waals surface area contributed by atoms with Gasteiger partial charge in [-0.15, -0.1) is 0 Å². The van der Waals surface area contributed by atoms with Gasteiger partial charge in [-0.25, -0.2) is 8.42 Å². The normalized spacial score (nSPS) is 14.3. The molecule has 1 saturated heterocycles. The fourth-order valence-corrected chi connectivity index (χ4v) is 4.36. The number of hydrogen-bond acceptors (Lipinski definition) is 4. The highest BCUT2D eigenvalue weighted by Crippen LogP contribution is 2.22. The predicted octanol–water partition coefficient (Wildman–Crippen LogP) is 3.37. The molecule has 160 valence electrons. The predicted molar refractivity (Wildman–Crippen MR) is 118 cm³/mol. The van der Waals surface area contributed by atoms with E-state index in [1.807, 2.05) is 0 Å². The van der Waals surface area contributed by atoms with E-state index in [0.717, 1.165) is 29.8 Å². The first kappa shape index (κ1) is 22.1. The molecule has 0 unspecified atom stereocenters. The topological polar surface area (TPSA) is 86.8 Å². The number of anilines is 2. The molecular weight excluding hydrogens is 426 g/mol. The number of piperidine rings is 1. The van der Waals surface area contributed by atoms with Gasteiger partial charge in [0.25, 0.3) is 5.91 Å². The molecule has 0 radical (unpaired) electrons. The van der Waals surface area contributed by atoms with Crippen LogP contribution in [0.25, 0.3) is 0 Å². The third kappa shape index (κ3) is 5.52. The maximum absolute atomic E-state index is 12.9. The number of carbonyl (C=O) groups is 2. The first-order chi connectivity index (χ1) is 14.3. The van der Waals surface area contributed by atoms with E-state index in [0.29, 0.717) is 35.1 Å². The van der Waals surface area contributed by atoms with Crippen molar-refractivity contribution in [3.8, 4) is 0 Å². The highest BCUT2D eigenvalue weighted by Gasteiger charge is 2.24. The average molecular weight is 450 g/mol. The molecule has 7 nitrogen and oxygen atoms in total. The number of hydrogen-bond donors (Lipinski definition) is 1. The van der Waals surface area contributed by atoms with E-state index in [1.165, 1.54) is 12.1 Å². The zero-order valence-electron chi connectivity index (χ0n) is 16.7. The van der Waals surface area contributed by atoms with Crippen LogP contribution >= 0.6 is 11.6 Å². The minimum absolute atomic E-state index is 0.136. The van der Waals surface area contributed by atoms with Crippen molar-refractivity contribution in [3.05, 3.63) is 59.1 Å². The number of amides is 2. The van der Waals surface area contributed by atoms with Crippen molar-refractivity contribution in [3.63, 3.8) is 0 Å². The van der Waals surface area contributed by atoms with E-state index in [4.69, 9.17) is 11.6 Å². The van der Waals surface area contributed by atoms with Crippen molar-refractivity contribution in [2.24, 2.45) is 0 Å². The Hall–Kier alpha value is -2.58. The van der Waals surface area contributed by atoms with Gasteiger partial charge in [0, 0.05) is 18.1 Å². The first-order valence-corrected chi connectivity index (χ1v) is 11.9. The largest absolute Gasteiger partial charge is 0.339 e. The number of likely N-dealkylation sites (tertiary alicyclic amines) is 1. The Morgan fingerprint density at radius 3 is 2.30 bits per heavy atom. The second-order valence-corrected chi connectivity index (χ2v) is 9.54. The van der Waals surface area contributed by atoms with Gasteiger partial charge in [0.2, 0.25) is 15.9 Å². The number of nitrogens with one attached hydrogen (secondary N) is 1. The molecule has 1 aliphatic rings. The summed E-state index contributed by atoms with van der Waals surface area (Å²) in [5.41, 5.74) is 1.09. The number of nitrogens with zero attached hydrogens (tertiary/aromatic N) is 2. The Labute approximate surface area is 181 Å². The molecule has 1 aliphatic heterocycles. The Morgan fingerprint density at radius 2 is 1.67 bits per heavy atom. The molecule has 2 aromatic carbocycles. The zero-order chi connectivity index (χ0) is 21.7. The molecule has 0 bridgehead atoms. The van der Waals surface area contributed by atoms with E-state index < -0.39 is 22.5 Å². The fourth-order valence-electron chi connectivity index (χ4n) is 3.37. The molecular formula is C21H24ClN3O4S. The van der Waals surface area contributed by atoms with E-state index >= 15 is 0 Å². The number of sulfonamides is 1. The smallest absolute Gasteiger partial charge is 0.255 e. The molecule has 3 rings (SSSR count). The molecule has 2 amide bonds. The lowest BCUT2D eigenvalue weighted by molar-refractivity contribution is -0.114. The van der Waals surface area contributed by atoms with Gasteiger partial charge in [0.1, 0.15) is 6.54 Å². The van der Waals surface area contributed by atoms with Gasteiger partial charge in [0.05, 0.1) is 23.2 Å². The Kier molecular flexibility index (Phi) is 6.99. The Balaban J connectivity index is 1.78. The van der Waals surface area contributed by atoms with Crippen LogP contribution in [0.4, 0.5) is 11.4 Å². The van der Waals surface area contributed by atoms with Gasteiger partial charge in [-0.1, -0.05) is 23.7 Å². The maximum atomic E-state index is 12.9. The molecule has 0 spiro atoms. The minimum atomic E-state index is -3.71. The van der Waals surface area contributed by atoms with E-state index in [2.05, 4.69) is 5.32 Å². The number of halogens is 1. The summed E-state index contributed by atoms with van der Waals surface area (Å²) in [6.07, 6.45) is 4.06. The van der Waals surface area contributed by atoms with Crippen molar-refractivity contribution < 1.29 is 18.0 Å². The minimum Gasteiger partial charge on any atom is -0.339 e. The molecule has 1 N–H and O–H groups in total. The quantitative estimate of drug-likeness (QED) is 0.732. The standard InChI is InChI=1S/C21H24ClN3O4S/c1-30(28,29)25(17-11-9-16(22)10-12-17)15-20(26)23-19-8-4-3-7-18(19)21(27)24-13-5-2-6-14-24/h3-4,7-12H,2,5-6,13-15H2,1H3,(H,23,26). The van der Waals surface area contributed by atoms with Crippen molar-refractivity contribution in [2.75, 3.05) is 35.5 Å². The zero-order valence-corrected chi connectivity index (χ0v) is 18.2. The Morgan fingerprint density at radius 1 is 1.03 bits per heavy atom. The van der Waals surface area contributed by atoms with Crippen LogP contribution in [0.15, 0.2) is 48.5 Å². The second kappa shape index (κ2) is 9.49. The average Bonchev–Trinajstić information content (AvgIpc) is 2.72. The highest BCUT2D eigenvalue weighted by molar-refractivity contribution is 7.92. The number of carbonyl (C=O) groups excluding carboxylic acids is 2. The monoisotopic (exact) mass is 449 g/mol. The van der Waals surface area contributed by atoms with Crippen molar-refractivity contribution >= 4 is 44.8 Å². The maximum Gasteiger partial charge on any atom is 0.255 e. The van der Waals surface area contributed by atoms with Crippen LogP contribution in [0.5, 0.6) is 0 Å². The summed E-state index contributed by atoms with van der Waals surface area (Å²) in [6.45, 7) is 0.964. The molecule has 9 heteroatoms. The van der Waals surface area contributed by atoms with Crippen LogP contribution in [-0.2, 0) is 14.8 Å². The van der Waals surface area contributed by atoms with Crippen LogP contribution in [0.1, 0.15) is 29.6 Å². The summed E-state index contributed by atoms with van der Waals surface area (Å²) in [5.74, 6) is -0.683. The lowest BCUT2D eigenvalue weighted by atomic mass is 10.1. The lowest BCUT2D eigenvalue weighted by Gasteiger charge is -2.27. The number of para-hydroxylation sites is 1. The van der Waals surface area contributed by atoms with Crippen molar-refractivity contribution in [1.82, 2.24) is 4.90 Å². The fraction of sp³-hybridized carbons (Fsp3) is 0.333. The van der Waals surface area contributed by atoms with Crippen LogP contribution in [0.3, 0.4) is 0 Å². The first-order valence-electron chi connectivity index (χ1n) is 9.67. The van der Waals surface area contributed by atoms with E-state index in [1.54, 1.807) is 41.3 Å². The van der Waals surface area contributed by atoms with Crippen LogP contribution in [0, 0.1) is 0 Å². The molecule has 2 aromatic rings. The van der Waals surface area contributed by atoms with E-state index in [9.17, 15) is 18.0 Å². The highest BCUT2D eigenvalue weighted by atomic mass is 35.5. The van der Waals surface area contributed by atoms with Crippen LogP contribution < -0.4 is 9.62 Å². The van der Waals surface area contributed by atoms with E-state index in [-0.39, 0.29) is 5.91 Å². The molecule has 0 aliphatic carbocycles. The van der Waals surface area contributed by atoms with Gasteiger partial charge in [-0.3, -0.25) is 13.9 Å². The summed E-state index contributed by atoms with van der Waals surface area (Å²) in [7, 11) is -3.71. The summed E-state index contributed by atoms with van der Waals surface area (Å²) in [6, 6.07) is 12.9. The summed E-state index contributed by atoms with van der Waals surface area (Å²) >= 11 is 5.87. The lowest BCUT2D eigenvalue weighted by Crippen LogP contribution is -2.38. The summed E-state index contributed by atoms with van der Waals surface area (Å²) < 4.78 is 25.5. The van der Waals surface area contributed by atoms with Crippen LogP contribution in [0.2, 0.25) is 5.02 Å². The van der Waals surface area contributed by atoms with Crippen molar-refractivity contribution in [1.29, 1.82) is 0 Å². The number of rotatable bonds is 6. The van der Waals surface area contributed by atoms with Crippen LogP contribution in [-0.4, -0.2) is 51.0 Å². The summed E-state index contributed by atoms with van der Waals surface area (Å²) in [5, 5.41) is 3.16. The molecule has 0 saturated carbocycles. The van der Waals surface area contributed by atoms with Gasteiger partial charge in [0.15, 0.2) is 0 Å². The molecule has 1 heterocycles. The molecule has 0 atom stereocenters.